The topological polar surface area (TPSA) is 43.6 Å². The van der Waals surface area contributed by atoms with Crippen LogP contribution >= 0.6 is 31.9 Å². The van der Waals surface area contributed by atoms with Crippen LogP contribution in [0.3, 0.4) is 0 Å². The second-order valence-electron chi connectivity index (χ2n) is 2.00. The zero-order chi connectivity index (χ0) is 12.7. The predicted octanol–water partition coefficient (Wildman–Crippen LogP) is 2.19. The minimum absolute atomic E-state index is 0.0129. The number of hydrogen-bond donors (Lipinski definition) is 0. The average Bonchev–Trinajstić information content (AvgIpc) is 2.51. The van der Waals surface area contributed by atoms with Gasteiger partial charge in [0.25, 0.3) is 0 Å². The van der Waals surface area contributed by atoms with Gasteiger partial charge in [-0.05, 0) is 37.9 Å². The quantitative estimate of drug-likeness (QED) is 0.759. The van der Waals surface area contributed by atoms with Crippen LogP contribution in [0.5, 0.6) is 0 Å². The fraction of sp³-hybridized carbons (Fsp3) is 0. The molecule has 2 rings (SSSR count). The van der Waals surface area contributed by atoms with Crippen molar-refractivity contribution in [1.82, 2.24) is 19.7 Å². The summed E-state index contributed by atoms with van der Waals surface area (Å²) in [4.78, 5) is 7.38. The van der Waals surface area contributed by atoms with Gasteiger partial charge in [-0.15, -0.1) is 0 Å². The number of hydrogen-bond acceptors (Lipinski definition) is 3. The molecule has 0 radical (unpaired) electrons. The Kier molecular flexibility index (Phi) is 1.42. The minimum Gasteiger partial charge on any atom is -0.229 e. The van der Waals surface area contributed by atoms with E-state index in [0.717, 1.165) is 4.68 Å². The predicted molar refractivity (Wildman–Crippen MR) is 54.6 cm³/mol. The SMILES string of the molecule is [2H]c1nc(Br)c([2H])c(-n2nc(Br)c([2H])c2[2H])n1. The van der Waals surface area contributed by atoms with Crippen molar-refractivity contribution in [2.45, 2.75) is 0 Å². The molecule has 66 valence electrons. The first-order valence-corrected chi connectivity index (χ1v) is 4.73. The summed E-state index contributed by atoms with van der Waals surface area (Å²) in [6.45, 7) is 0. The molecule has 2 aromatic rings. The van der Waals surface area contributed by atoms with E-state index in [1.807, 2.05) is 0 Å². The van der Waals surface area contributed by atoms with Crippen LogP contribution in [0, 0.1) is 0 Å². The molecule has 0 aliphatic carbocycles. The Morgan fingerprint density at radius 3 is 2.85 bits per heavy atom. The molecule has 0 saturated heterocycles. The highest BCUT2D eigenvalue weighted by Gasteiger charge is 2.00. The van der Waals surface area contributed by atoms with Gasteiger partial charge < -0.3 is 0 Å². The van der Waals surface area contributed by atoms with E-state index in [0.29, 0.717) is 0 Å². The van der Waals surface area contributed by atoms with Crippen LogP contribution in [0.1, 0.15) is 5.48 Å². The third-order valence-corrected chi connectivity index (χ3v) is 1.90. The van der Waals surface area contributed by atoms with E-state index >= 15 is 0 Å². The summed E-state index contributed by atoms with van der Waals surface area (Å²) in [5.41, 5.74) is 0. The van der Waals surface area contributed by atoms with Crippen LogP contribution in [0.15, 0.2) is 33.8 Å². The molecular formula is C7H4Br2N4. The molecule has 13 heavy (non-hydrogen) atoms. The Morgan fingerprint density at radius 1 is 1.31 bits per heavy atom. The second kappa shape index (κ2) is 3.55. The average molecular weight is 308 g/mol. The maximum Gasteiger partial charge on any atom is 0.157 e. The summed E-state index contributed by atoms with van der Waals surface area (Å²) < 4.78 is 31.6. The fourth-order valence-electron chi connectivity index (χ4n) is 0.702. The lowest BCUT2D eigenvalue weighted by molar-refractivity contribution is 0.829. The van der Waals surface area contributed by atoms with Gasteiger partial charge in [-0.25, -0.2) is 14.6 Å². The van der Waals surface area contributed by atoms with Crippen molar-refractivity contribution in [1.29, 1.82) is 0 Å². The van der Waals surface area contributed by atoms with Gasteiger partial charge in [-0.3, -0.25) is 0 Å². The lowest BCUT2D eigenvalue weighted by atomic mass is 10.6. The fourth-order valence-corrected chi connectivity index (χ4v) is 1.21. The third kappa shape index (κ3) is 1.94. The van der Waals surface area contributed by atoms with E-state index in [-0.39, 0.29) is 39.6 Å². The van der Waals surface area contributed by atoms with Crippen LogP contribution in [-0.4, -0.2) is 19.7 Å². The van der Waals surface area contributed by atoms with E-state index in [1.54, 1.807) is 0 Å². The van der Waals surface area contributed by atoms with Crippen molar-refractivity contribution in [3.63, 3.8) is 0 Å². The van der Waals surface area contributed by atoms with Gasteiger partial charge in [-0.1, -0.05) is 0 Å². The van der Waals surface area contributed by atoms with E-state index in [4.69, 9.17) is 5.48 Å². The van der Waals surface area contributed by atoms with Crippen LogP contribution in [0.4, 0.5) is 0 Å². The standard InChI is InChI=1S/C7H4Br2N4/c8-5-1-2-13(12-5)7-3-6(9)10-4-11-7/h1-4H/i1D,2D,3D,4D. The monoisotopic (exact) mass is 306 g/mol. The molecule has 0 spiro atoms. The molecule has 0 fully saturated rings. The van der Waals surface area contributed by atoms with Gasteiger partial charge in [0, 0.05) is 12.2 Å². The summed E-state index contributed by atoms with van der Waals surface area (Å²) in [5.74, 6) is -0.0129. The molecule has 0 saturated carbocycles. The van der Waals surface area contributed by atoms with Crippen LogP contribution in [-0.2, 0) is 0 Å². The van der Waals surface area contributed by atoms with E-state index in [1.165, 1.54) is 0 Å². The molecule has 0 unspecified atom stereocenters. The lowest BCUT2D eigenvalue weighted by Crippen LogP contribution is -1.98. The van der Waals surface area contributed by atoms with E-state index in [2.05, 4.69) is 46.9 Å². The van der Waals surface area contributed by atoms with Crippen LogP contribution in [0.2, 0.25) is 0 Å². The summed E-state index contributed by atoms with van der Waals surface area (Å²) in [6.07, 6.45) is -0.504. The number of nitrogens with zero attached hydrogens (tertiary/aromatic N) is 4. The Labute approximate surface area is 96.9 Å². The Morgan fingerprint density at radius 2 is 2.15 bits per heavy atom. The number of halogens is 2. The van der Waals surface area contributed by atoms with Crippen molar-refractivity contribution in [3.8, 4) is 5.82 Å². The van der Waals surface area contributed by atoms with Gasteiger partial charge in [0.2, 0.25) is 0 Å². The zero-order valence-electron chi connectivity index (χ0n) is 10.0. The molecular weight excluding hydrogens is 300 g/mol. The van der Waals surface area contributed by atoms with Crippen molar-refractivity contribution in [3.05, 3.63) is 33.8 Å². The molecule has 0 aliphatic rings. The van der Waals surface area contributed by atoms with Gasteiger partial charge >= 0.3 is 0 Å². The molecule has 0 amide bonds. The van der Waals surface area contributed by atoms with Crippen molar-refractivity contribution in [2.24, 2.45) is 0 Å². The van der Waals surface area contributed by atoms with Crippen molar-refractivity contribution >= 4 is 31.9 Å². The first-order valence-electron chi connectivity index (χ1n) is 5.14. The second-order valence-corrected chi connectivity index (χ2v) is 3.50. The number of aromatic nitrogens is 4. The molecule has 6 heteroatoms. The highest BCUT2D eigenvalue weighted by Crippen LogP contribution is 2.11. The van der Waals surface area contributed by atoms with Crippen molar-refractivity contribution in [2.75, 3.05) is 0 Å². The summed E-state index contributed by atoms with van der Waals surface area (Å²) >= 11 is 6.05. The first kappa shape index (κ1) is 5.21. The summed E-state index contributed by atoms with van der Waals surface area (Å²) in [7, 11) is 0. The highest BCUT2D eigenvalue weighted by molar-refractivity contribution is 9.10. The largest absolute Gasteiger partial charge is 0.229 e. The van der Waals surface area contributed by atoms with E-state index < -0.39 is 0 Å². The molecule has 0 atom stereocenters. The Balaban J connectivity index is 2.72. The molecule has 2 aromatic heterocycles. The number of rotatable bonds is 1. The van der Waals surface area contributed by atoms with Gasteiger partial charge in [0.05, 0.1) is 4.11 Å². The molecule has 2 heterocycles. The highest BCUT2D eigenvalue weighted by atomic mass is 79.9. The maximum atomic E-state index is 7.73. The molecule has 4 nitrogen and oxygen atoms in total. The minimum atomic E-state index is -0.291. The molecule has 0 aliphatic heterocycles. The maximum absolute atomic E-state index is 7.73. The van der Waals surface area contributed by atoms with Crippen LogP contribution in [0.25, 0.3) is 5.82 Å². The lowest BCUT2D eigenvalue weighted by Gasteiger charge is -1.98. The molecule has 0 N–H and O–H groups in total. The Bertz CT molecular complexity index is 600. The zero-order valence-corrected chi connectivity index (χ0v) is 9.22. The third-order valence-electron chi connectivity index (χ3n) is 1.17. The molecule has 0 aromatic carbocycles. The molecule has 0 bridgehead atoms. The summed E-state index contributed by atoms with van der Waals surface area (Å²) in [5, 5.41) is 3.87. The van der Waals surface area contributed by atoms with Gasteiger partial charge in [-0.2, -0.15) is 5.10 Å². The van der Waals surface area contributed by atoms with Gasteiger partial charge in [0.1, 0.15) is 16.9 Å². The Hall–Kier alpha value is -0.750. The van der Waals surface area contributed by atoms with Crippen molar-refractivity contribution < 1.29 is 5.48 Å². The van der Waals surface area contributed by atoms with E-state index in [9.17, 15) is 0 Å². The van der Waals surface area contributed by atoms with Gasteiger partial charge in [0.15, 0.2) is 5.82 Å². The summed E-state index contributed by atoms with van der Waals surface area (Å²) in [6, 6.07) is -0.199. The normalized spacial score (nSPS) is 14.6. The van der Waals surface area contributed by atoms with Crippen LogP contribution < -0.4 is 0 Å². The first-order chi connectivity index (χ1) is 7.91. The smallest absolute Gasteiger partial charge is 0.157 e.